The number of rotatable bonds is 4. The summed E-state index contributed by atoms with van der Waals surface area (Å²) in [5.74, 6) is 0.945. The summed E-state index contributed by atoms with van der Waals surface area (Å²) >= 11 is 0. The van der Waals surface area contributed by atoms with E-state index in [-0.39, 0.29) is 18.4 Å². The molecule has 2 aliphatic rings. The van der Waals surface area contributed by atoms with E-state index in [1.54, 1.807) is 13.0 Å². The second-order valence-corrected chi connectivity index (χ2v) is 4.92. The molecule has 2 atom stereocenters. The summed E-state index contributed by atoms with van der Waals surface area (Å²) < 4.78 is 21.6. The molecule has 0 fully saturated rings. The Morgan fingerprint density at radius 2 is 2.05 bits per heavy atom. The number of nitrogens with zero attached hydrogens (tertiary/aromatic N) is 1. The number of oxime groups is 1. The zero-order valence-corrected chi connectivity index (χ0v) is 12.4. The molecule has 0 aliphatic carbocycles. The van der Waals surface area contributed by atoms with Gasteiger partial charge in [0.15, 0.2) is 23.3 Å². The van der Waals surface area contributed by atoms with Crippen LogP contribution in [0.3, 0.4) is 0 Å². The molecule has 3 rings (SSSR count). The Balaban J connectivity index is 2.07. The van der Waals surface area contributed by atoms with Crippen molar-refractivity contribution in [1.29, 1.82) is 0 Å². The van der Waals surface area contributed by atoms with Crippen LogP contribution in [-0.2, 0) is 9.63 Å². The van der Waals surface area contributed by atoms with Crippen molar-refractivity contribution in [3.8, 4) is 23.0 Å². The second-order valence-electron chi connectivity index (χ2n) is 4.92. The van der Waals surface area contributed by atoms with E-state index in [0.717, 1.165) is 0 Å². The van der Waals surface area contributed by atoms with Crippen molar-refractivity contribution in [2.75, 3.05) is 21.0 Å². The van der Waals surface area contributed by atoms with Crippen LogP contribution in [0.2, 0.25) is 0 Å². The Morgan fingerprint density at radius 1 is 1.32 bits per heavy atom. The number of amides is 1. The molecule has 8 heteroatoms. The highest BCUT2D eigenvalue weighted by molar-refractivity contribution is 6.39. The Kier molecular flexibility index (Phi) is 3.44. The lowest BCUT2D eigenvalue weighted by Gasteiger charge is -2.19. The van der Waals surface area contributed by atoms with Crippen molar-refractivity contribution in [3.05, 3.63) is 11.6 Å². The molecule has 0 unspecified atom stereocenters. The summed E-state index contributed by atoms with van der Waals surface area (Å²) in [5.41, 5.74) is 6.13. The minimum atomic E-state index is -0.610. The second kappa shape index (κ2) is 5.28. The molecule has 1 aromatic carbocycles. The molecule has 2 aliphatic heterocycles. The molecule has 2 N–H and O–H groups in total. The molecular formula is C14H16N2O6. The third-order valence-corrected chi connectivity index (χ3v) is 3.72. The van der Waals surface area contributed by atoms with Crippen molar-refractivity contribution in [2.24, 2.45) is 16.8 Å². The van der Waals surface area contributed by atoms with Crippen LogP contribution in [0.5, 0.6) is 23.0 Å². The van der Waals surface area contributed by atoms with Gasteiger partial charge in [0.25, 0.3) is 5.91 Å². The van der Waals surface area contributed by atoms with E-state index in [1.165, 1.54) is 14.2 Å². The molecule has 22 heavy (non-hydrogen) atoms. The minimum Gasteiger partial charge on any atom is -0.493 e. The van der Waals surface area contributed by atoms with Gasteiger partial charge in [0.1, 0.15) is 0 Å². The summed E-state index contributed by atoms with van der Waals surface area (Å²) in [6, 6.07) is 1.73. The van der Waals surface area contributed by atoms with E-state index < -0.39 is 12.0 Å². The summed E-state index contributed by atoms with van der Waals surface area (Å²) in [6.07, 6.45) is -0.527. The predicted molar refractivity (Wildman–Crippen MR) is 75.3 cm³/mol. The predicted octanol–water partition coefficient (Wildman–Crippen LogP) is 0.981. The van der Waals surface area contributed by atoms with Crippen LogP contribution in [0.4, 0.5) is 0 Å². The van der Waals surface area contributed by atoms with Gasteiger partial charge in [-0.25, -0.2) is 0 Å². The third kappa shape index (κ3) is 1.99. The third-order valence-electron chi connectivity index (χ3n) is 3.72. The topological polar surface area (TPSA) is 102 Å². The maximum atomic E-state index is 11.4. The highest BCUT2D eigenvalue weighted by Gasteiger charge is 2.39. The molecule has 0 aromatic heterocycles. The van der Waals surface area contributed by atoms with Crippen LogP contribution in [0.25, 0.3) is 0 Å². The SMILES string of the molecule is COc1cc([C@H]2ON=C(C(N)=O)[C@@H]2C)c(OC)c2c1OCO2. The average Bonchev–Trinajstić information content (AvgIpc) is 3.12. The fourth-order valence-electron chi connectivity index (χ4n) is 2.63. The molecule has 0 radical (unpaired) electrons. The summed E-state index contributed by atoms with van der Waals surface area (Å²) in [6.45, 7) is 1.88. The Labute approximate surface area is 126 Å². The lowest BCUT2D eigenvalue weighted by atomic mass is 9.92. The molecule has 118 valence electrons. The first-order chi connectivity index (χ1) is 10.6. The molecule has 0 bridgehead atoms. The largest absolute Gasteiger partial charge is 0.493 e. The normalized spacial score (nSPS) is 22.0. The van der Waals surface area contributed by atoms with E-state index in [2.05, 4.69) is 5.16 Å². The van der Waals surface area contributed by atoms with E-state index in [4.69, 9.17) is 29.5 Å². The van der Waals surface area contributed by atoms with Gasteiger partial charge in [0.05, 0.1) is 20.1 Å². The highest BCUT2D eigenvalue weighted by Crippen LogP contribution is 2.52. The Hall–Kier alpha value is -2.64. The summed E-state index contributed by atoms with van der Waals surface area (Å²) in [4.78, 5) is 16.7. The van der Waals surface area contributed by atoms with E-state index in [0.29, 0.717) is 28.6 Å². The maximum Gasteiger partial charge on any atom is 0.266 e. The van der Waals surface area contributed by atoms with Crippen LogP contribution in [0.1, 0.15) is 18.6 Å². The first-order valence-electron chi connectivity index (χ1n) is 6.66. The first kappa shape index (κ1) is 14.3. The van der Waals surface area contributed by atoms with Crippen LogP contribution in [0, 0.1) is 5.92 Å². The number of carbonyl (C=O) groups excluding carboxylic acids is 1. The zero-order chi connectivity index (χ0) is 15.9. The quantitative estimate of drug-likeness (QED) is 0.889. The molecule has 2 heterocycles. The van der Waals surface area contributed by atoms with Gasteiger partial charge < -0.3 is 29.5 Å². The maximum absolute atomic E-state index is 11.4. The van der Waals surface area contributed by atoms with Gasteiger partial charge in [0, 0.05) is 5.56 Å². The Bertz CT molecular complexity index is 657. The van der Waals surface area contributed by atoms with Crippen molar-refractivity contribution >= 4 is 11.6 Å². The number of hydrogen-bond acceptors (Lipinski definition) is 7. The van der Waals surface area contributed by atoms with Crippen molar-refractivity contribution in [3.63, 3.8) is 0 Å². The molecule has 0 saturated carbocycles. The molecule has 1 amide bonds. The number of benzene rings is 1. The van der Waals surface area contributed by atoms with E-state index in [1.807, 2.05) is 0 Å². The number of primary amides is 1. The van der Waals surface area contributed by atoms with Gasteiger partial charge in [0.2, 0.25) is 18.3 Å². The average molecular weight is 308 g/mol. The first-order valence-corrected chi connectivity index (χ1v) is 6.66. The highest BCUT2D eigenvalue weighted by atomic mass is 16.7. The molecule has 8 nitrogen and oxygen atoms in total. The minimum absolute atomic E-state index is 0.0790. The van der Waals surface area contributed by atoms with Gasteiger partial charge in [-0.3, -0.25) is 4.79 Å². The van der Waals surface area contributed by atoms with Gasteiger partial charge in [-0.2, -0.15) is 0 Å². The number of fused-ring (bicyclic) bond motifs is 1. The van der Waals surface area contributed by atoms with Gasteiger partial charge in [-0.15, -0.1) is 0 Å². The number of methoxy groups -OCH3 is 2. The summed E-state index contributed by atoms with van der Waals surface area (Å²) in [7, 11) is 3.04. The smallest absolute Gasteiger partial charge is 0.266 e. The molecule has 0 spiro atoms. The number of hydrogen-bond donors (Lipinski definition) is 1. The standard InChI is InChI=1S/C14H16N2O6/c1-6-9(14(15)17)16-22-10(6)7-4-8(18-2)12-13(11(7)19-3)21-5-20-12/h4,6,10H,5H2,1-3H3,(H2,15,17)/t6-,10-/m0/s1. The van der Waals surface area contributed by atoms with Crippen LogP contribution in [0.15, 0.2) is 11.2 Å². The monoisotopic (exact) mass is 308 g/mol. The van der Waals surface area contributed by atoms with E-state index in [9.17, 15) is 4.79 Å². The lowest BCUT2D eigenvalue weighted by molar-refractivity contribution is -0.112. The fraction of sp³-hybridized carbons (Fsp3) is 0.429. The van der Waals surface area contributed by atoms with Crippen molar-refractivity contribution < 1.29 is 28.6 Å². The van der Waals surface area contributed by atoms with Crippen molar-refractivity contribution in [2.45, 2.75) is 13.0 Å². The fourth-order valence-corrected chi connectivity index (χ4v) is 2.63. The van der Waals surface area contributed by atoms with Crippen LogP contribution in [-0.4, -0.2) is 32.6 Å². The zero-order valence-electron chi connectivity index (χ0n) is 12.4. The molecular weight excluding hydrogens is 292 g/mol. The number of nitrogens with two attached hydrogens (primary N) is 1. The summed E-state index contributed by atoms with van der Waals surface area (Å²) in [5, 5.41) is 3.77. The number of carbonyl (C=O) groups is 1. The van der Waals surface area contributed by atoms with Gasteiger partial charge in [-0.05, 0) is 6.07 Å². The molecule has 0 saturated heterocycles. The van der Waals surface area contributed by atoms with E-state index >= 15 is 0 Å². The van der Waals surface area contributed by atoms with Crippen molar-refractivity contribution in [1.82, 2.24) is 0 Å². The van der Waals surface area contributed by atoms with Gasteiger partial charge >= 0.3 is 0 Å². The molecule has 1 aromatic rings. The van der Waals surface area contributed by atoms with Gasteiger partial charge in [-0.1, -0.05) is 12.1 Å². The van der Waals surface area contributed by atoms with Crippen LogP contribution >= 0.6 is 0 Å². The Morgan fingerprint density at radius 3 is 2.64 bits per heavy atom. The number of ether oxygens (including phenoxy) is 4. The van der Waals surface area contributed by atoms with Crippen LogP contribution < -0.4 is 24.7 Å². The lowest BCUT2D eigenvalue weighted by Crippen LogP contribution is -2.28.